The Bertz CT molecular complexity index is 771. The third-order valence-electron chi connectivity index (χ3n) is 4.21. The lowest BCUT2D eigenvalue weighted by atomic mass is 9.98. The van der Waals surface area contributed by atoms with Gasteiger partial charge < -0.3 is 14.6 Å². The highest BCUT2D eigenvalue weighted by molar-refractivity contribution is 5.68. The van der Waals surface area contributed by atoms with Crippen LogP contribution in [0.25, 0.3) is 0 Å². The van der Waals surface area contributed by atoms with Crippen molar-refractivity contribution in [2.45, 2.75) is 25.4 Å². The lowest BCUT2D eigenvalue weighted by Gasteiger charge is -2.28. The molecule has 0 saturated carbocycles. The van der Waals surface area contributed by atoms with Gasteiger partial charge in [0.2, 0.25) is 5.79 Å². The van der Waals surface area contributed by atoms with Crippen LogP contribution in [0.1, 0.15) is 18.1 Å². The van der Waals surface area contributed by atoms with E-state index in [2.05, 4.69) is 0 Å². The monoisotopic (exact) mass is 349 g/mol. The molecule has 0 spiro atoms. The van der Waals surface area contributed by atoms with Crippen molar-refractivity contribution >= 4 is 6.09 Å². The lowest BCUT2D eigenvalue weighted by molar-refractivity contribution is -0.187. The van der Waals surface area contributed by atoms with Crippen molar-refractivity contribution in [1.29, 1.82) is 0 Å². The highest BCUT2D eigenvalue weighted by Crippen LogP contribution is 2.37. The summed E-state index contributed by atoms with van der Waals surface area (Å²) in [6.07, 6.45) is -0.699. The van der Waals surface area contributed by atoms with E-state index in [-0.39, 0.29) is 18.9 Å². The van der Waals surface area contributed by atoms with E-state index in [1.807, 2.05) is 18.2 Å². The number of hydrogen-bond acceptors (Lipinski definition) is 4. The summed E-state index contributed by atoms with van der Waals surface area (Å²) in [6, 6.07) is 10.9. The van der Waals surface area contributed by atoms with E-state index in [4.69, 9.17) is 9.47 Å². The minimum atomic E-state index is -2.08. The van der Waals surface area contributed by atoms with Crippen LogP contribution in [-0.2, 0) is 21.9 Å². The van der Waals surface area contributed by atoms with E-state index in [9.17, 15) is 18.7 Å². The molecule has 0 bridgehead atoms. The molecule has 0 aromatic heterocycles. The van der Waals surface area contributed by atoms with Crippen LogP contribution in [0.15, 0.2) is 48.5 Å². The van der Waals surface area contributed by atoms with Crippen LogP contribution in [0.3, 0.4) is 0 Å². The molecule has 2 atom stereocenters. The van der Waals surface area contributed by atoms with Crippen LogP contribution in [0.2, 0.25) is 0 Å². The van der Waals surface area contributed by atoms with Crippen LogP contribution in [0, 0.1) is 11.6 Å². The predicted molar refractivity (Wildman–Crippen MR) is 84.1 cm³/mol. The summed E-state index contributed by atoms with van der Waals surface area (Å²) in [6.45, 7) is 1.29. The molecule has 5 nitrogen and oxygen atoms in total. The number of carbonyl (C=O) groups excluding carboxylic acids is 1. The van der Waals surface area contributed by atoms with Gasteiger partial charge in [-0.15, -0.1) is 0 Å². The molecule has 1 aliphatic rings. The average Bonchev–Trinajstić information content (AvgIpc) is 2.90. The zero-order chi connectivity index (χ0) is 18.0. The molecule has 1 fully saturated rings. The first-order chi connectivity index (χ1) is 11.9. The fourth-order valence-corrected chi connectivity index (χ4v) is 2.71. The molecule has 132 valence electrons. The smallest absolute Gasteiger partial charge is 0.412 e. The fraction of sp³-hybridized carbons (Fsp3) is 0.278. The third kappa shape index (κ3) is 3.33. The zero-order valence-corrected chi connectivity index (χ0v) is 13.5. The minimum absolute atomic E-state index is 0.0617. The second kappa shape index (κ2) is 6.78. The van der Waals surface area contributed by atoms with Gasteiger partial charge in [-0.1, -0.05) is 30.3 Å². The number of nitrogens with zero attached hydrogens (tertiary/aromatic N) is 1. The van der Waals surface area contributed by atoms with E-state index >= 15 is 0 Å². The van der Waals surface area contributed by atoms with Gasteiger partial charge in [0.05, 0.1) is 6.04 Å². The maximum atomic E-state index is 14.0. The number of carbonyl (C=O) groups is 1. The minimum Gasteiger partial charge on any atom is -0.444 e. The Balaban J connectivity index is 1.72. The molecule has 1 aliphatic heterocycles. The van der Waals surface area contributed by atoms with Crippen LogP contribution >= 0.6 is 0 Å². The highest BCUT2D eigenvalue weighted by atomic mass is 19.1. The Hall–Kier alpha value is -2.51. The first-order valence-corrected chi connectivity index (χ1v) is 7.71. The highest BCUT2D eigenvalue weighted by Gasteiger charge is 2.50. The standard InChI is InChI=1S/C18H17F2NO4/c1-12-18(23,15-8-7-14(19)9-16(15)20)25-11-21(12)17(22)24-10-13-5-3-2-4-6-13/h2-9,12,23H,10-11H2,1H3/t12-,18?/m0/s1. The molecule has 1 amide bonds. The van der Waals surface area contributed by atoms with Crippen molar-refractivity contribution in [3.8, 4) is 0 Å². The van der Waals surface area contributed by atoms with Crippen molar-refractivity contribution in [1.82, 2.24) is 4.90 Å². The zero-order valence-electron chi connectivity index (χ0n) is 13.5. The molecule has 25 heavy (non-hydrogen) atoms. The second-order valence-electron chi connectivity index (χ2n) is 5.78. The van der Waals surface area contributed by atoms with Crippen LogP contribution in [0.5, 0.6) is 0 Å². The van der Waals surface area contributed by atoms with Crippen molar-refractivity contribution < 1.29 is 28.2 Å². The molecule has 1 unspecified atom stereocenters. The normalized spacial score (nSPS) is 22.9. The van der Waals surface area contributed by atoms with Crippen molar-refractivity contribution in [3.05, 3.63) is 71.3 Å². The van der Waals surface area contributed by atoms with Gasteiger partial charge in [-0.25, -0.2) is 13.6 Å². The molecule has 7 heteroatoms. The van der Waals surface area contributed by atoms with Gasteiger partial charge in [-0.3, -0.25) is 4.90 Å². The van der Waals surface area contributed by atoms with Gasteiger partial charge in [-0.2, -0.15) is 0 Å². The molecule has 1 heterocycles. The Labute approximate surface area is 143 Å². The van der Waals surface area contributed by atoms with Gasteiger partial charge in [0.15, 0.2) is 0 Å². The Kier molecular flexibility index (Phi) is 4.69. The summed E-state index contributed by atoms with van der Waals surface area (Å²) in [5.74, 6) is -3.80. The number of ether oxygens (including phenoxy) is 2. The number of hydrogen-bond donors (Lipinski definition) is 1. The van der Waals surface area contributed by atoms with E-state index in [0.717, 1.165) is 22.6 Å². The number of benzene rings is 2. The summed E-state index contributed by atoms with van der Waals surface area (Å²) in [4.78, 5) is 13.4. The summed E-state index contributed by atoms with van der Waals surface area (Å²) < 4.78 is 37.5. The molecule has 3 rings (SSSR count). The lowest BCUT2D eigenvalue weighted by Crippen LogP contribution is -2.44. The number of halogens is 2. The van der Waals surface area contributed by atoms with E-state index in [1.54, 1.807) is 12.1 Å². The van der Waals surface area contributed by atoms with Crippen LogP contribution < -0.4 is 0 Å². The van der Waals surface area contributed by atoms with Gasteiger partial charge in [0.1, 0.15) is 25.0 Å². The summed E-state index contributed by atoms with van der Waals surface area (Å²) >= 11 is 0. The molecular weight excluding hydrogens is 332 g/mol. The molecule has 2 aromatic rings. The maximum absolute atomic E-state index is 14.0. The first kappa shape index (κ1) is 17.3. The largest absolute Gasteiger partial charge is 0.444 e. The average molecular weight is 349 g/mol. The summed E-state index contributed by atoms with van der Waals surface area (Å²) in [5.41, 5.74) is 0.572. The van der Waals surface area contributed by atoms with E-state index in [1.165, 1.54) is 6.92 Å². The fourth-order valence-electron chi connectivity index (χ4n) is 2.71. The SMILES string of the molecule is C[C@@H]1N(C(=O)OCc2ccccc2)COC1(O)c1ccc(F)cc1F. The van der Waals surface area contributed by atoms with E-state index in [0.29, 0.717) is 6.07 Å². The molecule has 1 N–H and O–H groups in total. The van der Waals surface area contributed by atoms with Gasteiger partial charge in [0, 0.05) is 11.6 Å². The first-order valence-electron chi connectivity index (χ1n) is 7.71. The third-order valence-corrected chi connectivity index (χ3v) is 4.21. The second-order valence-corrected chi connectivity index (χ2v) is 5.78. The summed E-state index contributed by atoms with van der Waals surface area (Å²) in [7, 11) is 0. The van der Waals surface area contributed by atoms with E-state index < -0.39 is 29.6 Å². The molecule has 2 aromatic carbocycles. The van der Waals surface area contributed by atoms with Crippen LogP contribution in [-0.4, -0.2) is 28.9 Å². The predicted octanol–water partition coefficient (Wildman–Crippen LogP) is 3.12. The van der Waals surface area contributed by atoms with Gasteiger partial charge in [-0.05, 0) is 24.6 Å². The number of aliphatic hydroxyl groups is 1. The molecular formula is C18H17F2NO4. The van der Waals surface area contributed by atoms with Crippen molar-refractivity contribution in [2.24, 2.45) is 0 Å². The molecule has 0 radical (unpaired) electrons. The maximum Gasteiger partial charge on any atom is 0.412 e. The van der Waals surface area contributed by atoms with Gasteiger partial charge in [0.25, 0.3) is 0 Å². The molecule has 1 saturated heterocycles. The Morgan fingerprint density at radius 2 is 2.04 bits per heavy atom. The molecule has 0 aliphatic carbocycles. The summed E-state index contributed by atoms with van der Waals surface area (Å²) in [5, 5.41) is 10.7. The Morgan fingerprint density at radius 3 is 2.72 bits per heavy atom. The number of rotatable bonds is 3. The quantitative estimate of drug-likeness (QED) is 0.925. The Morgan fingerprint density at radius 1 is 1.32 bits per heavy atom. The topological polar surface area (TPSA) is 59.0 Å². The number of amides is 1. The van der Waals surface area contributed by atoms with Crippen molar-refractivity contribution in [2.75, 3.05) is 6.73 Å². The van der Waals surface area contributed by atoms with Crippen molar-refractivity contribution in [3.63, 3.8) is 0 Å². The van der Waals surface area contributed by atoms with Crippen LogP contribution in [0.4, 0.5) is 13.6 Å². The van der Waals surface area contributed by atoms with Gasteiger partial charge >= 0.3 is 6.09 Å².